The van der Waals surface area contributed by atoms with Crippen molar-refractivity contribution in [1.29, 1.82) is 0 Å². The summed E-state index contributed by atoms with van der Waals surface area (Å²) in [4.78, 5) is -2.34. The fraction of sp³-hybridized carbons (Fsp3) is 0.385. The number of allylic oxidation sites excluding steroid dienone is 2. The minimum absolute atomic E-state index is 0.183. The Hall–Kier alpha value is 0.700. The molecule has 0 spiro atoms. The van der Waals surface area contributed by atoms with Crippen molar-refractivity contribution in [2.75, 3.05) is 0 Å². The predicted molar refractivity (Wildman–Crippen MR) is 84.1 cm³/mol. The Labute approximate surface area is 141 Å². The summed E-state index contributed by atoms with van der Waals surface area (Å²) in [6.45, 7) is 0. The number of benzene rings is 1. The number of hydrogen-bond acceptors (Lipinski definition) is 0. The van der Waals surface area contributed by atoms with Crippen molar-refractivity contribution in [3.8, 4) is 0 Å². The van der Waals surface area contributed by atoms with Gasteiger partial charge in [-0.25, -0.2) is 0 Å². The highest BCUT2D eigenvalue weighted by Crippen LogP contribution is 2.76. The van der Waals surface area contributed by atoms with Gasteiger partial charge in [0.2, 0.25) is 0 Å². The highest BCUT2D eigenvalue weighted by atomic mass is 35.5. The van der Waals surface area contributed by atoms with Gasteiger partial charge < -0.3 is 0 Å². The minimum atomic E-state index is -1.45. The van der Waals surface area contributed by atoms with Crippen LogP contribution in [0.3, 0.4) is 0 Å². The van der Waals surface area contributed by atoms with Crippen LogP contribution in [0.25, 0.3) is 0 Å². The summed E-state index contributed by atoms with van der Waals surface area (Å²) < 4.78 is -1.45. The molecule has 3 atom stereocenters. The highest BCUT2D eigenvalue weighted by Gasteiger charge is 2.78. The first-order chi connectivity index (χ1) is 8.77. The summed E-state index contributed by atoms with van der Waals surface area (Å²) in [6.07, 6.45) is 0.449. The smallest absolute Gasteiger partial charge is 0.110 e. The van der Waals surface area contributed by atoms with Gasteiger partial charge in [0, 0.05) is 5.92 Å². The maximum Gasteiger partial charge on any atom is 0.166 e. The van der Waals surface area contributed by atoms with E-state index in [-0.39, 0.29) is 16.0 Å². The molecule has 0 radical (unpaired) electrons. The van der Waals surface area contributed by atoms with Gasteiger partial charge in [-0.3, -0.25) is 0 Å². The summed E-state index contributed by atoms with van der Waals surface area (Å²) in [6, 6.07) is 9.68. The van der Waals surface area contributed by atoms with Crippen LogP contribution in [0.4, 0.5) is 0 Å². The van der Waals surface area contributed by atoms with Crippen LogP contribution in [0.1, 0.15) is 17.9 Å². The van der Waals surface area contributed by atoms with Gasteiger partial charge in [-0.05, 0) is 12.0 Å². The number of rotatable bonds is 1. The summed E-state index contributed by atoms with van der Waals surface area (Å²) in [5, 5.41) is 0.499. The molecule has 0 nitrogen and oxygen atoms in total. The first-order valence-corrected chi connectivity index (χ1v) is 7.90. The zero-order valence-corrected chi connectivity index (χ0v) is 14.0. The maximum atomic E-state index is 6.70. The first-order valence-electron chi connectivity index (χ1n) is 5.63. The number of fused-ring (bicyclic) bond motifs is 2. The summed E-state index contributed by atoms with van der Waals surface area (Å²) in [5.74, 6) is -0.183. The molecule has 0 heterocycles. The second-order valence-corrected chi connectivity index (χ2v) is 8.21. The van der Waals surface area contributed by atoms with E-state index in [9.17, 15) is 0 Å². The lowest BCUT2D eigenvalue weighted by atomic mass is 9.86. The van der Waals surface area contributed by atoms with Gasteiger partial charge in [-0.15, -0.1) is 23.2 Å². The van der Waals surface area contributed by atoms with E-state index < -0.39 is 14.1 Å². The monoisotopic (exact) mass is 374 g/mol. The molecular formula is C13H8Cl6. The molecule has 0 aromatic heterocycles. The van der Waals surface area contributed by atoms with Crippen LogP contribution in [0, 0.1) is 0 Å². The Balaban J connectivity index is 2.20. The van der Waals surface area contributed by atoms with Gasteiger partial charge in [0.05, 0.1) is 10.1 Å². The van der Waals surface area contributed by atoms with Gasteiger partial charge in [0.25, 0.3) is 0 Å². The van der Waals surface area contributed by atoms with Crippen molar-refractivity contribution >= 4 is 69.6 Å². The summed E-state index contributed by atoms with van der Waals surface area (Å²) in [7, 11) is 0. The zero-order chi connectivity index (χ0) is 14.1. The molecule has 6 heteroatoms. The van der Waals surface area contributed by atoms with E-state index in [2.05, 4.69) is 0 Å². The molecule has 0 N–H and O–H groups in total. The third kappa shape index (κ3) is 1.57. The molecule has 3 unspecified atom stereocenters. The number of halogens is 6. The van der Waals surface area contributed by atoms with Gasteiger partial charge in [0.1, 0.15) is 9.75 Å². The Morgan fingerprint density at radius 2 is 1.47 bits per heavy atom. The predicted octanol–water partition coefficient (Wildman–Crippen LogP) is 6.01. The molecule has 1 fully saturated rings. The minimum Gasteiger partial charge on any atom is -0.110 e. The van der Waals surface area contributed by atoms with E-state index >= 15 is 0 Å². The molecule has 19 heavy (non-hydrogen) atoms. The van der Waals surface area contributed by atoms with Crippen LogP contribution in [0.5, 0.6) is 0 Å². The molecule has 2 bridgehead atoms. The van der Waals surface area contributed by atoms with E-state index in [1.54, 1.807) is 0 Å². The lowest BCUT2D eigenvalue weighted by Crippen LogP contribution is -2.43. The third-order valence-electron chi connectivity index (χ3n) is 3.98. The summed E-state index contributed by atoms with van der Waals surface area (Å²) in [5.41, 5.74) is 0.994. The van der Waals surface area contributed by atoms with Gasteiger partial charge in [-0.2, -0.15) is 0 Å². The SMILES string of the molecule is ClC1=C(Cl)C2(Cl)C(c3ccccc3)CC1(Cl)C2(Cl)Cl. The van der Waals surface area contributed by atoms with Crippen LogP contribution in [-0.4, -0.2) is 14.1 Å². The van der Waals surface area contributed by atoms with Crippen LogP contribution in [-0.2, 0) is 0 Å². The molecule has 2 aliphatic carbocycles. The molecular weight excluding hydrogens is 369 g/mol. The molecule has 2 aliphatic rings. The fourth-order valence-electron chi connectivity index (χ4n) is 2.94. The molecule has 102 valence electrons. The van der Waals surface area contributed by atoms with Crippen molar-refractivity contribution in [3.05, 3.63) is 46.0 Å². The number of hydrogen-bond donors (Lipinski definition) is 0. The van der Waals surface area contributed by atoms with E-state index in [0.29, 0.717) is 6.42 Å². The second-order valence-electron chi connectivity index (χ2n) is 4.88. The van der Waals surface area contributed by atoms with E-state index in [0.717, 1.165) is 5.56 Å². The van der Waals surface area contributed by atoms with Gasteiger partial charge in [0.15, 0.2) is 4.33 Å². The van der Waals surface area contributed by atoms with Crippen molar-refractivity contribution in [2.24, 2.45) is 0 Å². The Morgan fingerprint density at radius 1 is 0.895 bits per heavy atom. The molecule has 0 aliphatic heterocycles. The molecule has 1 aromatic rings. The molecule has 1 aromatic carbocycles. The average molecular weight is 377 g/mol. The summed E-state index contributed by atoms with van der Waals surface area (Å²) >= 11 is 38.6. The third-order valence-corrected chi connectivity index (χ3v) is 8.26. The Kier molecular flexibility index (Phi) is 3.35. The van der Waals surface area contributed by atoms with E-state index in [1.165, 1.54) is 0 Å². The molecule has 0 saturated heterocycles. The van der Waals surface area contributed by atoms with E-state index in [1.807, 2.05) is 30.3 Å². The largest absolute Gasteiger partial charge is 0.166 e. The van der Waals surface area contributed by atoms with E-state index in [4.69, 9.17) is 69.6 Å². The van der Waals surface area contributed by atoms with Crippen LogP contribution >= 0.6 is 69.6 Å². The first kappa shape index (κ1) is 14.6. The van der Waals surface area contributed by atoms with Crippen LogP contribution < -0.4 is 0 Å². The quantitative estimate of drug-likeness (QED) is 0.527. The van der Waals surface area contributed by atoms with Crippen molar-refractivity contribution in [2.45, 2.75) is 26.4 Å². The lowest BCUT2D eigenvalue weighted by Gasteiger charge is -2.34. The Bertz CT molecular complexity index is 566. The standard InChI is InChI=1S/C13H8Cl6/c14-9-10(15)12(17)8(7-4-2-1-3-5-7)6-11(9,16)13(12,18)19/h1-5,8H,6H2. The average Bonchev–Trinajstić information content (AvgIpc) is 2.62. The van der Waals surface area contributed by atoms with Gasteiger partial charge in [-0.1, -0.05) is 76.7 Å². The lowest BCUT2D eigenvalue weighted by molar-refractivity contribution is 0.601. The highest BCUT2D eigenvalue weighted by molar-refractivity contribution is 6.65. The second kappa shape index (κ2) is 4.35. The van der Waals surface area contributed by atoms with Crippen molar-refractivity contribution in [1.82, 2.24) is 0 Å². The molecule has 0 amide bonds. The maximum absolute atomic E-state index is 6.70. The fourth-order valence-corrected chi connectivity index (χ4v) is 5.74. The normalized spacial score (nSPS) is 40.0. The topological polar surface area (TPSA) is 0 Å². The van der Waals surface area contributed by atoms with Crippen LogP contribution in [0.15, 0.2) is 40.4 Å². The zero-order valence-electron chi connectivity index (χ0n) is 9.44. The van der Waals surface area contributed by atoms with Crippen molar-refractivity contribution in [3.63, 3.8) is 0 Å². The number of alkyl halides is 4. The Morgan fingerprint density at radius 3 is 1.95 bits per heavy atom. The molecule has 3 rings (SSSR count). The molecule has 1 saturated carbocycles. The van der Waals surface area contributed by atoms with Gasteiger partial charge >= 0.3 is 0 Å². The van der Waals surface area contributed by atoms with Crippen molar-refractivity contribution < 1.29 is 0 Å². The van der Waals surface area contributed by atoms with Crippen LogP contribution in [0.2, 0.25) is 0 Å².